The van der Waals surface area contributed by atoms with E-state index >= 15 is 0 Å². The van der Waals surface area contributed by atoms with Gasteiger partial charge in [-0.15, -0.1) is 24.8 Å². The molecule has 1 aromatic rings. The molecule has 6 heteroatoms. The van der Waals surface area contributed by atoms with Crippen LogP contribution in [0.25, 0.3) is 0 Å². The van der Waals surface area contributed by atoms with Crippen molar-refractivity contribution in [2.24, 2.45) is 5.92 Å². The Morgan fingerprint density at radius 2 is 1.90 bits per heavy atom. The third-order valence-corrected chi connectivity index (χ3v) is 4.71. The summed E-state index contributed by atoms with van der Waals surface area (Å²) in [6.07, 6.45) is 1.05. The molecule has 2 rings (SSSR count). The third kappa shape index (κ3) is 5.07. The van der Waals surface area contributed by atoms with Gasteiger partial charge < -0.3 is 5.32 Å². The van der Waals surface area contributed by atoms with Crippen molar-refractivity contribution in [2.45, 2.75) is 26.3 Å². The summed E-state index contributed by atoms with van der Waals surface area (Å²) < 4.78 is 15.2. The van der Waals surface area contributed by atoms with Crippen molar-refractivity contribution in [2.75, 3.05) is 26.2 Å². The van der Waals surface area contributed by atoms with Crippen molar-refractivity contribution in [1.29, 1.82) is 0 Å². The summed E-state index contributed by atoms with van der Waals surface area (Å²) in [7, 11) is 0. The first-order valence-electron chi connectivity index (χ1n) is 7.03. The van der Waals surface area contributed by atoms with Gasteiger partial charge >= 0.3 is 0 Å². The Labute approximate surface area is 147 Å². The van der Waals surface area contributed by atoms with Gasteiger partial charge in [0.15, 0.2) is 0 Å². The number of benzene rings is 1. The average Bonchev–Trinajstić information content (AvgIpc) is 2.43. The lowest BCUT2D eigenvalue weighted by molar-refractivity contribution is 0.125. The van der Waals surface area contributed by atoms with Crippen molar-refractivity contribution in [3.05, 3.63) is 34.1 Å². The second kappa shape index (κ2) is 10.0. The van der Waals surface area contributed by atoms with Gasteiger partial charge in [0.25, 0.3) is 0 Å². The van der Waals surface area contributed by atoms with Crippen molar-refractivity contribution < 1.29 is 4.39 Å². The van der Waals surface area contributed by atoms with Gasteiger partial charge in [-0.05, 0) is 18.1 Å². The Bertz CT molecular complexity index is 408. The molecular weight excluding hydrogens is 378 g/mol. The molecule has 122 valence electrons. The minimum absolute atomic E-state index is 0. The zero-order valence-corrected chi connectivity index (χ0v) is 15.7. The second-order valence-corrected chi connectivity index (χ2v) is 6.11. The Kier molecular flexibility index (Phi) is 10.1. The molecule has 0 bridgehead atoms. The molecule has 1 N–H and O–H groups in total. The van der Waals surface area contributed by atoms with E-state index in [1.165, 1.54) is 0 Å². The summed E-state index contributed by atoms with van der Waals surface area (Å²) in [5, 5.41) is 3.36. The summed E-state index contributed by atoms with van der Waals surface area (Å²) in [4.78, 5) is 2.41. The second-order valence-electron chi connectivity index (χ2n) is 5.25. The predicted octanol–water partition coefficient (Wildman–Crippen LogP) is 4.42. The molecule has 2 atom stereocenters. The highest BCUT2D eigenvalue weighted by Crippen LogP contribution is 2.36. The van der Waals surface area contributed by atoms with Crippen LogP contribution in [0.3, 0.4) is 0 Å². The molecule has 1 aliphatic rings. The first kappa shape index (κ1) is 21.1. The van der Waals surface area contributed by atoms with Gasteiger partial charge in [0, 0.05) is 42.3 Å². The molecule has 1 unspecified atom stereocenters. The van der Waals surface area contributed by atoms with Crippen LogP contribution in [0, 0.1) is 11.7 Å². The molecule has 0 amide bonds. The fourth-order valence-electron chi connectivity index (χ4n) is 2.80. The van der Waals surface area contributed by atoms with Crippen LogP contribution in [-0.4, -0.2) is 31.1 Å². The van der Waals surface area contributed by atoms with E-state index in [-0.39, 0.29) is 36.7 Å². The van der Waals surface area contributed by atoms with E-state index in [9.17, 15) is 4.39 Å². The largest absolute Gasteiger partial charge is 0.314 e. The highest BCUT2D eigenvalue weighted by atomic mass is 79.9. The fraction of sp³-hybridized carbons (Fsp3) is 0.600. The number of halogens is 4. The Morgan fingerprint density at radius 1 is 1.29 bits per heavy atom. The van der Waals surface area contributed by atoms with Gasteiger partial charge in [0.1, 0.15) is 5.82 Å². The van der Waals surface area contributed by atoms with E-state index in [4.69, 9.17) is 0 Å². The molecule has 2 nitrogen and oxygen atoms in total. The highest BCUT2D eigenvalue weighted by Gasteiger charge is 2.30. The van der Waals surface area contributed by atoms with Crippen LogP contribution in [0.2, 0.25) is 0 Å². The van der Waals surface area contributed by atoms with E-state index < -0.39 is 0 Å². The molecule has 0 aliphatic carbocycles. The Balaban J connectivity index is 0.00000200. The van der Waals surface area contributed by atoms with Crippen molar-refractivity contribution in [1.82, 2.24) is 10.2 Å². The molecule has 1 aliphatic heterocycles. The van der Waals surface area contributed by atoms with E-state index in [2.05, 4.69) is 40.0 Å². The fourth-order valence-corrected chi connectivity index (χ4v) is 3.38. The summed E-state index contributed by atoms with van der Waals surface area (Å²) in [5.41, 5.74) is 0.818. The van der Waals surface area contributed by atoms with E-state index in [1.54, 1.807) is 12.1 Å². The zero-order valence-electron chi connectivity index (χ0n) is 12.4. The number of piperazine rings is 1. The van der Waals surface area contributed by atoms with Gasteiger partial charge in [0.05, 0.1) is 0 Å². The number of nitrogens with zero attached hydrogens (tertiary/aromatic N) is 1. The summed E-state index contributed by atoms with van der Waals surface area (Å²) in [6.45, 7) is 8.32. The maximum atomic E-state index is 14.3. The van der Waals surface area contributed by atoms with Gasteiger partial charge in [-0.3, -0.25) is 4.90 Å². The standard InChI is InChI=1S/C15H22BrFN2.2ClH/c1-3-11(2)15(19-9-7-18-8-10-19)14-12(16)5-4-6-13(14)17;;/h4-6,11,15,18H,3,7-10H2,1-2H3;2*1H/t11?,15-;;/m1../s1. The van der Waals surface area contributed by atoms with Crippen LogP contribution >= 0.6 is 40.7 Å². The Morgan fingerprint density at radius 3 is 2.43 bits per heavy atom. The molecule has 21 heavy (non-hydrogen) atoms. The molecule has 0 spiro atoms. The SMILES string of the molecule is CCC(C)[C@H](c1c(F)cccc1Br)N1CCNCC1.Cl.Cl. The lowest BCUT2D eigenvalue weighted by Gasteiger charge is -2.39. The number of rotatable bonds is 4. The van der Waals surface area contributed by atoms with Crippen LogP contribution < -0.4 is 5.32 Å². The summed E-state index contributed by atoms with van der Waals surface area (Å²) in [5.74, 6) is 0.338. The maximum Gasteiger partial charge on any atom is 0.129 e. The van der Waals surface area contributed by atoms with Crippen molar-refractivity contribution in [3.63, 3.8) is 0 Å². The normalized spacial score (nSPS) is 18.3. The summed E-state index contributed by atoms with van der Waals surface area (Å²) >= 11 is 3.53. The average molecular weight is 402 g/mol. The van der Waals surface area contributed by atoms with Crippen LogP contribution in [-0.2, 0) is 0 Å². The molecule has 1 fully saturated rings. The summed E-state index contributed by atoms with van der Waals surface area (Å²) in [6, 6.07) is 5.42. The molecule has 1 aromatic carbocycles. The van der Waals surface area contributed by atoms with Gasteiger partial charge in [-0.25, -0.2) is 4.39 Å². The molecule has 0 saturated carbocycles. The molecule has 1 heterocycles. The van der Waals surface area contributed by atoms with Crippen molar-refractivity contribution >= 4 is 40.7 Å². The number of hydrogen-bond donors (Lipinski definition) is 1. The van der Waals surface area contributed by atoms with Gasteiger partial charge in [-0.1, -0.05) is 42.3 Å². The van der Waals surface area contributed by atoms with Crippen molar-refractivity contribution in [3.8, 4) is 0 Å². The monoisotopic (exact) mass is 400 g/mol. The predicted molar refractivity (Wildman–Crippen MR) is 95.2 cm³/mol. The van der Waals surface area contributed by atoms with E-state index in [0.717, 1.165) is 42.6 Å². The minimum Gasteiger partial charge on any atom is -0.314 e. The first-order chi connectivity index (χ1) is 9.15. The van der Waals surface area contributed by atoms with Crippen LogP contribution in [0.15, 0.2) is 22.7 Å². The zero-order chi connectivity index (χ0) is 13.8. The quantitative estimate of drug-likeness (QED) is 0.802. The Hall–Kier alpha value is 0.130. The lowest BCUT2D eigenvalue weighted by Crippen LogP contribution is -2.46. The third-order valence-electron chi connectivity index (χ3n) is 4.02. The smallest absolute Gasteiger partial charge is 0.129 e. The minimum atomic E-state index is -0.0989. The van der Waals surface area contributed by atoms with E-state index in [1.807, 2.05) is 6.07 Å². The number of nitrogens with one attached hydrogen (secondary N) is 1. The molecule has 1 saturated heterocycles. The number of hydrogen-bond acceptors (Lipinski definition) is 2. The van der Waals surface area contributed by atoms with Crippen LogP contribution in [0.1, 0.15) is 31.9 Å². The highest BCUT2D eigenvalue weighted by molar-refractivity contribution is 9.10. The molecule has 0 aromatic heterocycles. The lowest BCUT2D eigenvalue weighted by atomic mass is 9.90. The topological polar surface area (TPSA) is 15.3 Å². The van der Waals surface area contributed by atoms with Gasteiger partial charge in [-0.2, -0.15) is 0 Å². The van der Waals surface area contributed by atoms with E-state index in [0.29, 0.717) is 5.92 Å². The molecular formula is C15H24BrCl2FN2. The first-order valence-corrected chi connectivity index (χ1v) is 7.83. The maximum absolute atomic E-state index is 14.3. The van der Waals surface area contributed by atoms with Crippen LogP contribution in [0.5, 0.6) is 0 Å². The van der Waals surface area contributed by atoms with Gasteiger partial charge in [0.2, 0.25) is 0 Å². The van der Waals surface area contributed by atoms with Crippen LogP contribution in [0.4, 0.5) is 4.39 Å². The molecule has 0 radical (unpaired) electrons.